The topological polar surface area (TPSA) is 158 Å². The molecule has 1 aromatic rings. The van der Waals surface area contributed by atoms with Crippen molar-refractivity contribution in [3.8, 4) is 0 Å². The largest absolute Gasteiger partial charge is 0.369 e. The molecule has 10 nitrogen and oxygen atoms in total. The van der Waals surface area contributed by atoms with Crippen molar-refractivity contribution in [2.45, 2.75) is 51.7 Å². The van der Waals surface area contributed by atoms with Crippen LogP contribution in [0.3, 0.4) is 0 Å². The molecule has 0 aliphatic rings. The first-order valence-corrected chi connectivity index (χ1v) is 8.97. The van der Waals surface area contributed by atoms with E-state index in [0.29, 0.717) is 25.8 Å². The summed E-state index contributed by atoms with van der Waals surface area (Å²) in [5, 5.41) is 10.7. The van der Waals surface area contributed by atoms with Crippen LogP contribution in [0.1, 0.15) is 32.4 Å². The van der Waals surface area contributed by atoms with E-state index in [4.69, 9.17) is 11.6 Å². The van der Waals surface area contributed by atoms with Gasteiger partial charge >= 0.3 is 0 Å². The summed E-state index contributed by atoms with van der Waals surface area (Å²) < 4.78 is 1.60. The van der Waals surface area contributed by atoms with E-state index in [1.807, 2.05) is 0 Å². The number of nitrogens with two attached hydrogens (primary N) is 2. The van der Waals surface area contributed by atoms with E-state index < -0.39 is 12.1 Å². The lowest BCUT2D eigenvalue weighted by atomic mass is 10.0. The second kappa shape index (κ2) is 10.9. The van der Waals surface area contributed by atoms with Crippen molar-refractivity contribution in [2.24, 2.45) is 17.5 Å². The van der Waals surface area contributed by atoms with Crippen molar-refractivity contribution < 1.29 is 14.4 Å². The summed E-state index contributed by atoms with van der Waals surface area (Å²) in [6.07, 6.45) is 3.30. The standard InChI is InChI=1S/C15H27N7O3S/c1-9(14(16)24)3-4-11-7-22(21-20-11)6-5-12(10(2)23)18-15(25)13(8-26)19-17/h7,9,12-13,19,26H,3-6,8,17H2,1-2H3,(H2,16,24)(H,18,25)/t9-,12-,13-/m0/s1. The molecule has 0 saturated heterocycles. The molecule has 146 valence electrons. The van der Waals surface area contributed by atoms with Crippen molar-refractivity contribution in [1.29, 1.82) is 0 Å². The Kier molecular flexibility index (Phi) is 9.24. The fourth-order valence-corrected chi connectivity index (χ4v) is 2.46. The molecule has 6 N–H and O–H groups in total. The molecular formula is C15H27N7O3S. The molecule has 0 bridgehead atoms. The van der Waals surface area contributed by atoms with Crippen molar-refractivity contribution in [3.63, 3.8) is 0 Å². The third-order valence-electron chi connectivity index (χ3n) is 4.06. The highest BCUT2D eigenvalue weighted by molar-refractivity contribution is 7.80. The Morgan fingerprint density at radius 1 is 1.31 bits per heavy atom. The first kappa shape index (κ1) is 22.1. The van der Waals surface area contributed by atoms with Crippen LogP contribution < -0.4 is 22.3 Å². The molecule has 0 spiro atoms. The molecule has 0 aromatic carbocycles. The Morgan fingerprint density at radius 2 is 2.00 bits per heavy atom. The van der Waals surface area contributed by atoms with E-state index in [2.05, 4.69) is 33.7 Å². The normalized spacial score (nSPS) is 14.5. The van der Waals surface area contributed by atoms with Crippen LogP contribution in [-0.4, -0.2) is 50.4 Å². The van der Waals surface area contributed by atoms with Crippen molar-refractivity contribution in [1.82, 2.24) is 25.7 Å². The van der Waals surface area contributed by atoms with Crippen LogP contribution in [-0.2, 0) is 27.3 Å². The minimum absolute atomic E-state index is 0.163. The molecule has 3 atom stereocenters. The number of hydrogen-bond acceptors (Lipinski definition) is 8. The van der Waals surface area contributed by atoms with Crippen LogP contribution in [0.25, 0.3) is 0 Å². The Hall–Kier alpha value is -1.98. The van der Waals surface area contributed by atoms with E-state index in [1.54, 1.807) is 17.8 Å². The number of carbonyl (C=O) groups is 3. The number of ketones is 1. The molecule has 1 aromatic heterocycles. The smallest absolute Gasteiger partial charge is 0.239 e. The highest BCUT2D eigenvalue weighted by atomic mass is 32.1. The number of hydrogen-bond donors (Lipinski definition) is 5. The summed E-state index contributed by atoms with van der Waals surface area (Å²) >= 11 is 4.03. The van der Waals surface area contributed by atoms with Gasteiger partial charge in [0.05, 0.1) is 11.7 Å². The highest BCUT2D eigenvalue weighted by Gasteiger charge is 2.22. The molecular weight excluding hydrogens is 358 g/mol. The molecule has 2 amide bonds. The molecule has 11 heteroatoms. The predicted octanol–water partition coefficient (Wildman–Crippen LogP) is -1.44. The average molecular weight is 385 g/mol. The van der Waals surface area contributed by atoms with E-state index in [1.165, 1.54) is 6.92 Å². The number of aryl methyl sites for hydroxylation is 2. The zero-order chi connectivity index (χ0) is 19.7. The molecule has 26 heavy (non-hydrogen) atoms. The van der Waals surface area contributed by atoms with Gasteiger partial charge in [0.2, 0.25) is 11.8 Å². The molecule has 1 rings (SSSR count). The van der Waals surface area contributed by atoms with E-state index in [9.17, 15) is 14.4 Å². The number of hydrazine groups is 1. The zero-order valence-electron chi connectivity index (χ0n) is 15.0. The first-order chi connectivity index (χ1) is 12.3. The predicted molar refractivity (Wildman–Crippen MR) is 98.9 cm³/mol. The highest BCUT2D eigenvalue weighted by Crippen LogP contribution is 2.07. The summed E-state index contributed by atoms with van der Waals surface area (Å²) in [6.45, 7) is 3.58. The van der Waals surface area contributed by atoms with Crippen molar-refractivity contribution >= 4 is 30.2 Å². The molecule has 0 saturated carbocycles. The van der Waals surface area contributed by atoms with Crippen LogP contribution in [0.5, 0.6) is 0 Å². The van der Waals surface area contributed by atoms with Crippen LogP contribution >= 0.6 is 12.6 Å². The van der Waals surface area contributed by atoms with Gasteiger partial charge in [-0.3, -0.25) is 24.9 Å². The quantitative estimate of drug-likeness (QED) is 0.167. The number of nitrogens with one attached hydrogen (secondary N) is 2. The molecule has 0 radical (unpaired) electrons. The van der Waals surface area contributed by atoms with Gasteiger partial charge < -0.3 is 11.1 Å². The fourth-order valence-electron chi connectivity index (χ4n) is 2.19. The molecule has 0 aliphatic carbocycles. The maximum atomic E-state index is 12.0. The number of amides is 2. The minimum atomic E-state index is -0.676. The number of thiol groups is 1. The summed E-state index contributed by atoms with van der Waals surface area (Å²) in [7, 11) is 0. The van der Waals surface area contributed by atoms with Gasteiger partial charge in [-0.1, -0.05) is 12.1 Å². The van der Waals surface area contributed by atoms with Crippen LogP contribution in [0.15, 0.2) is 6.20 Å². The fraction of sp³-hybridized carbons (Fsp3) is 0.667. The summed E-state index contributed by atoms with van der Waals surface area (Å²) in [5.74, 6) is 4.37. The van der Waals surface area contributed by atoms with Gasteiger partial charge in [-0.05, 0) is 26.2 Å². The number of nitrogens with zero attached hydrogens (tertiary/aromatic N) is 3. The SMILES string of the molecule is CC(=O)[C@H](CCn1cc(CC[C@H](C)C(N)=O)nn1)NC(=O)[C@H](CS)NN. The van der Waals surface area contributed by atoms with Gasteiger partial charge in [-0.2, -0.15) is 12.6 Å². The van der Waals surface area contributed by atoms with Crippen LogP contribution in [0.4, 0.5) is 0 Å². The summed E-state index contributed by atoms with van der Waals surface area (Å²) in [6, 6.07) is -1.33. The lowest BCUT2D eigenvalue weighted by molar-refractivity contribution is -0.128. The molecule has 0 aliphatic heterocycles. The third-order valence-corrected chi connectivity index (χ3v) is 4.42. The van der Waals surface area contributed by atoms with Gasteiger partial charge in [-0.15, -0.1) is 5.10 Å². The Bertz CT molecular complexity index is 618. The maximum Gasteiger partial charge on any atom is 0.239 e. The van der Waals surface area contributed by atoms with Crippen LogP contribution in [0, 0.1) is 5.92 Å². The van der Waals surface area contributed by atoms with E-state index in [-0.39, 0.29) is 29.3 Å². The third kappa shape index (κ3) is 7.10. The minimum Gasteiger partial charge on any atom is -0.369 e. The van der Waals surface area contributed by atoms with Gasteiger partial charge in [-0.25, -0.2) is 5.43 Å². The van der Waals surface area contributed by atoms with Crippen LogP contribution in [0.2, 0.25) is 0 Å². The van der Waals surface area contributed by atoms with Gasteiger partial charge in [0, 0.05) is 24.4 Å². The summed E-state index contributed by atoms with van der Waals surface area (Å²) in [5.41, 5.74) is 8.32. The second-order valence-corrected chi connectivity index (χ2v) is 6.54. The Balaban J connectivity index is 2.55. The monoisotopic (exact) mass is 385 g/mol. The maximum absolute atomic E-state index is 12.0. The van der Waals surface area contributed by atoms with E-state index in [0.717, 1.165) is 5.69 Å². The number of carbonyl (C=O) groups excluding carboxylic acids is 3. The number of rotatable bonds is 12. The second-order valence-electron chi connectivity index (χ2n) is 6.18. The Morgan fingerprint density at radius 3 is 2.54 bits per heavy atom. The molecule has 0 unspecified atom stereocenters. The molecule has 1 heterocycles. The summed E-state index contributed by atoms with van der Waals surface area (Å²) in [4.78, 5) is 34.8. The number of aromatic nitrogens is 3. The van der Waals surface area contributed by atoms with E-state index >= 15 is 0 Å². The molecule has 0 fully saturated rings. The lowest BCUT2D eigenvalue weighted by Crippen LogP contribution is -2.52. The van der Waals surface area contributed by atoms with Gasteiger partial charge in [0.15, 0.2) is 5.78 Å². The number of Topliss-reactive ketones (excluding diaryl/α,β-unsaturated/α-hetero) is 1. The van der Waals surface area contributed by atoms with Gasteiger partial charge in [0.25, 0.3) is 0 Å². The first-order valence-electron chi connectivity index (χ1n) is 8.34. The number of primary amides is 1. The van der Waals surface area contributed by atoms with Gasteiger partial charge in [0.1, 0.15) is 6.04 Å². The van der Waals surface area contributed by atoms with Crippen molar-refractivity contribution in [3.05, 3.63) is 11.9 Å². The zero-order valence-corrected chi connectivity index (χ0v) is 15.9. The Labute approximate surface area is 157 Å². The lowest BCUT2D eigenvalue weighted by Gasteiger charge is -2.19. The van der Waals surface area contributed by atoms with Crippen molar-refractivity contribution in [2.75, 3.05) is 5.75 Å². The average Bonchev–Trinajstić information content (AvgIpc) is 3.04.